The van der Waals surface area contributed by atoms with Crippen LogP contribution in [0.1, 0.15) is 67.3 Å². The second-order valence-electron chi connectivity index (χ2n) is 6.95. The summed E-state index contributed by atoms with van der Waals surface area (Å²) < 4.78 is 5.39. The minimum Gasteiger partial charge on any atom is -0.360 e. The Morgan fingerprint density at radius 1 is 1.23 bits per heavy atom. The molecular formula is C17H27N3O2. The van der Waals surface area contributed by atoms with Gasteiger partial charge in [0.15, 0.2) is 5.76 Å². The van der Waals surface area contributed by atoms with Crippen molar-refractivity contribution in [3.05, 3.63) is 17.0 Å². The van der Waals surface area contributed by atoms with E-state index in [2.05, 4.69) is 10.1 Å². The van der Waals surface area contributed by atoms with Crippen LogP contribution >= 0.6 is 0 Å². The molecule has 3 heterocycles. The number of carbonyl (C=O) groups is 1. The molecule has 0 aromatic carbocycles. The van der Waals surface area contributed by atoms with Crippen LogP contribution in [0.5, 0.6) is 0 Å². The van der Waals surface area contributed by atoms with E-state index < -0.39 is 0 Å². The van der Waals surface area contributed by atoms with E-state index >= 15 is 0 Å². The number of carbonyl (C=O) groups excluding carboxylic acids is 1. The zero-order valence-electron chi connectivity index (χ0n) is 14.0. The summed E-state index contributed by atoms with van der Waals surface area (Å²) in [5, 5.41) is 4.02. The van der Waals surface area contributed by atoms with Gasteiger partial charge >= 0.3 is 0 Å². The summed E-state index contributed by atoms with van der Waals surface area (Å²) in [6, 6.07) is 0.530. The molecule has 22 heavy (non-hydrogen) atoms. The van der Waals surface area contributed by atoms with Crippen molar-refractivity contribution in [3.63, 3.8) is 0 Å². The Labute approximate surface area is 132 Å². The van der Waals surface area contributed by atoms with Crippen LogP contribution in [0.3, 0.4) is 0 Å². The number of rotatable bonds is 3. The largest absolute Gasteiger partial charge is 0.360 e. The van der Waals surface area contributed by atoms with E-state index in [0.29, 0.717) is 11.6 Å². The molecule has 2 saturated heterocycles. The zero-order valence-corrected chi connectivity index (χ0v) is 14.0. The maximum Gasteiger partial charge on any atom is 0.259 e. The molecule has 2 fully saturated rings. The van der Waals surface area contributed by atoms with E-state index in [1.165, 1.54) is 32.4 Å². The number of nitrogens with zero attached hydrogens (tertiary/aromatic N) is 3. The molecule has 0 aliphatic carbocycles. The lowest BCUT2D eigenvalue weighted by molar-refractivity contribution is 0.0604. The maximum absolute atomic E-state index is 13.0. The van der Waals surface area contributed by atoms with Crippen molar-refractivity contribution in [2.45, 2.75) is 58.4 Å². The normalized spacial score (nSPS) is 23.5. The zero-order chi connectivity index (χ0) is 15.7. The molecule has 122 valence electrons. The molecule has 0 unspecified atom stereocenters. The average molecular weight is 305 g/mol. The molecular weight excluding hydrogens is 278 g/mol. The Balaban J connectivity index is 1.75. The average Bonchev–Trinajstić information content (AvgIpc) is 3.16. The first-order valence-corrected chi connectivity index (χ1v) is 8.57. The first kappa shape index (κ1) is 15.5. The summed E-state index contributed by atoms with van der Waals surface area (Å²) >= 11 is 0. The standard InChI is InChI=1S/C17H27N3O2/c1-12(2)16-15(13(3)18-22-16)17(21)20-10-6-7-14(11-20)19-8-4-5-9-19/h12,14H,4-11H2,1-3H3/t14-/m1/s1. The van der Waals surface area contributed by atoms with Crippen molar-refractivity contribution >= 4 is 5.91 Å². The molecule has 0 saturated carbocycles. The Bertz CT molecular complexity index is 532. The van der Waals surface area contributed by atoms with Crippen molar-refractivity contribution in [1.82, 2.24) is 15.0 Å². The van der Waals surface area contributed by atoms with Crippen molar-refractivity contribution in [2.75, 3.05) is 26.2 Å². The van der Waals surface area contributed by atoms with Gasteiger partial charge in [0.1, 0.15) is 5.56 Å². The summed E-state index contributed by atoms with van der Waals surface area (Å²) in [6.07, 6.45) is 4.90. The fraction of sp³-hybridized carbons (Fsp3) is 0.765. The topological polar surface area (TPSA) is 49.6 Å². The van der Waals surface area contributed by atoms with E-state index in [1.807, 2.05) is 25.7 Å². The monoisotopic (exact) mass is 305 g/mol. The SMILES string of the molecule is Cc1noc(C(C)C)c1C(=O)N1CCC[C@@H](N2CCCC2)C1. The molecule has 1 aromatic rings. The Morgan fingerprint density at radius 3 is 2.64 bits per heavy atom. The van der Waals surface area contributed by atoms with Crippen LogP contribution in [0.4, 0.5) is 0 Å². The molecule has 0 N–H and O–H groups in total. The Morgan fingerprint density at radius 2 is 1.95 bits per heavy atom. The van der Waals surface area contributed by atoms with Gasteiger partial charge in [-0.2, -0.15) is 0 Å². The first-order valence-electron chi connectivity index (χ1n) is 8.57. The summed E-state index contributed by atoms with van der Waals surface area (Å²) in [4.78, 5) is 17.5. The van der Waals surface area contributed by atoms with Crippen LogP contribution in [0, 0.1) is 6.92 Å². The molecule has 2 aliphatic heterocycles. The van der Waals surface area contributed by atoms with Crippen LogP contribution in [0.15, 0.2) is 4.52 Å². The quantitative estimate of drug-likeness (QED) is 0.861. The predicted octanol–water partition coefficient (Wildman–Crippen LogP) is 2.81. The summed E-state index contributed by atoms with van der Waals surface area (Å²) in [6.45, 7) is 10.0. The maximum atomic E-state index is 13.0. The highest BCUT2D eigenvalue weighted by molar-refractivity contribution is 5.96. The van der Waals surface area contributed by atoms with Crippen LogP contribution in [-0.4, -0.2) is 53.1 Å². The lowest BCUT2D eigenvalue weighted by Gasteiger charge is -2.37. The molecule has 1 atom stereocenters. The van der Waals surface area contributed by atoms with Crippen molar-refractivity contribution in [3.8, 4) is 0 Å². The third-order valence-electron chi connectivity index (χ3n) is 4.97. The van der Waals surface area contributed by atoms with E-state index in [4.69, 9.17) is 4.52 Å². The number of aryl methyl sites for hydroxylation is 1. The molecule has 5 heteroatoms. The number of amides is 1. The number of piperidine rings is 1. The summed E-state index contributed by atoms with van der Waals surface area (Å²) in [7, 11) is 0. The molecule has 5 nitrogen and oxygen atoms in total. The Hall–Kier alpha value is -1.36. The van der Waals surface area contributed by atoms with E-state index in [-0.39, 0.29) is 11.8 Å². The van der Waals surface area contributed by atoms with E-state index in [0.717, 1.165) is 31.0 Å². The molecule has 0 spiro atoms. The van der Waals surface area contributed by atoms with Gasteiger partial charge in [-0.15, -0.1) is 0 Å². The van der Waals surface area contributed by atoms with Gasteiger partial charge in [-0.05, 0) is 45.7 Å². The van der Waals surface area contributed by atoms with Gasteiger partial charge in [0.2, 0.25) is 0 Å². The van der Waals surface area contributed by atoms with Crippen molar-refractivity contribution < 1.29 is 9.32 Å². The first-order chi connectivity index (χ1) is 10.6. The van der Waals surface area contributed by atoms with Gasteiger partial charge in [0, 0.05) is 25.0 Å². The summed E-state index contributed by atoms with van der Waals surface area (Å²) in [5.74, 6) is 1.01. The van der Waals surface area contributed by atoms with Crippen LogP contribution in [0.25, 0.3) is 0 Å². The lowest BCUT2D eigenvalue weighted by Crippen LogP contribution is -2.49. The third-order valence-corrected chi connectivity index (χ3v) is 4.97. The number of hydrogen-bond acceptors (Lipinski definition) is 4. The second kappa shape index (κ2) is 6.41. The van der Waals surface area contributed by atoms with Crippen LogP contribution < -0.4 is 0 Å². The van der Waals surface area contributed by atoms with Crippen molar-refractivity contribution in [1.29, 1.82) is 0 Å². The van der Waals surface area contributed by atoms with Crippen molar-refractivity contribution in [2.24, 2.45) is 0 Å². The highest BCUT2D eigenvalue weighted by Gasteiger charge is 2.32. The molecule has 3 rings (SSSR count). The van der Waals surface area contributed by atoms with Gasteiger partial charge < -0.3 is 9.42 Å². The van der Waals surface area contributed by atoms with Gasteiger partial charge in [0.25, 0.3) is 5.91 Å². The number of hydrogen-bond donors (Lipinski definition) is 0. The summed E-state index contributed by atoms with van der Waals surface area (Å²) in [5.41, 5.74) is 1.41. The molecule has 1 aromatic heterocycles. The molecule has 0 bridgehead atoms. The highest BCUT2D eigenvalue weighted by atomic mass is 16.5. The Kier molecular flexibility index (Phi) is 4.52. The predicted molar refractivity (Wildman–Crippen MR) is 85.1 cm³/mol. The van der Waals surface area contributed by atoms with Crippen LogP contribution in [-0.2, 0) is 0 Å². The van der Waals surface area contributed by atoms with Gasteiger partial charge in [-0.1, -0.05) is 19.0 Å². The van der Waals surface area contributed by atoms with E-state index in [9.17, 15) is 4.79 Å². The third kappa shape index (κ3) is 2.91. The molecule has 2 aliphatic rings. The smallest absolute Gasteiger partial charge is 0.259 e. The van der Waals surface area contributed by atoms with Gasteiger partial charge in [-0.25, -0.2) is 0 Å². The fourth-order valence-electron chi connectivity index (χ4n) is 3.74. The van der Waals surface area contributed by atoms with Crippen LogP contribution in [0.2, 0.25) is 0 Å². The minimum atomic E-state index is 0.103. The second-order valence-corrected chi connectivity index (χ2v) is 6.95. The highest BCUT2D eigenvalue weighted by Crippen LogP contribution is 2.26. The molecule has 0 radical (unpaired) electrons. The number of aromatic nitrogens is 1. The van der Waals surface area contributed by atoms with Gasteiger partial charge in [0.05, 0.1) is 5.69 Å². The number of likely N-dealkylation sites (tertiary alicyclic amines) is 2. The molecule has 1 amide bonds. The minimum absolute atomic E-state index is 0.103. The lowest BCUT2D eigenvalue weighted by atomic mass is 10.0. The fourth-order valence-corrected chi connectivity index (χ4v) is 3.74. The van der Waals surface area contributed by atoms with Gasteiger partial charge in [-0.3, -0.25) is 9.69 Å². The van der Waals surface area contributed by atoms with E-state index in [1.54, 1.807) is 0 Å².